The Balaban J connectivity index is 1.73. The third-order valence-corrected chi connectivity index (χ3v) is 5.92. The van der Waals surface area contributed by atoms with E-state index >= 15 is 0 Å². The average molecular weight is 431 g/mol. The van der Waals surface area contributed by atoms with Crippen LogP contribution in [0.2, 0.25) is 5.02 Å². The zero-order valence-electron chi connectivity index (χ0n) is 16.5. The Morgan fingerprint density at radius 3 is 2.13 bits per heavy atom. The predicted molar refractivity (Wildman–Crippen MR) is 118 cm³/mol. The maximum absolute atomic E-state index is 14.7. The normalized spacial score (nSPS) is 14.2. The monoisotopic (exact) mass is 430 g/mol. The van der Waals surface area contributed by atoms with Gasteiger partial charge in [-0.05, 0) is 43.3 Å². The number of pyridine rings is 1. The van der Waals surface area contributed by atoms with Crippen LogP contribution < -0.4 is 0 Å². The number of fused-ring (bicyclic) bond motifs is 2. The predicted octanol–water partition coefficient (Wildman–Crippen LogP) is 6.05. The van der Waals surface area contributed by atoms with Crippen LogP contribution in [-0.2, 0) is 0 Å². The van der Waals surface area contributed by atoms with Crippen LogP contribution >= 0.6 is 11.6 Å². The molecular weight excluding hydrogens is 415 g/mol. The van der Waals surface area contributed by atoms with Crippen molar-refractivity contribution in [3.05, 3.63) is 100 Å². The van der Waals surface area contributed by atoms with E-state index in [9.17, 15) is 14.0 Å². The number of hydrogen-bond donors (Lipinski definition) is 0. The second-order valence-electron chi connectivity index (χ2n) is 7.42. The molecule has 31 heavy (non-hydrogen) atoms. The lowest BCUT2D eigenvalue weighted by molar-refractivity contribution is 0.0595. The number of carbonyl (C=O) groups is 2. The molecule has 152 valence electrons. The van der Waals surface area contributed by atoms with Crippen molar-refractivity contribution in [1.29, 1.82) is 0 Å². The summed E-state index contributed by atoms with van der Waals surface area (Å²) < 4.78 is 14.7. The van der Waals surface area contributed by atoms with Crippen LogP contribution in [0, 0.1) is 5.82 Å². The SMILES string of the molecule is C[C@@H](c1cc2cccc(Cl)c2nc1-c1ccccc1F)N1C(=O)c2ccccc2C1=O. The van der Waals surface area contributed by atoms with Crippen LogP contribution in [0.15, 0.2) is 72.8 Å². The molecule has 0 saturated heterocycles. The molecule has 5 rings (SSSR count). The quantitative estimate of drug-likeness (QED) is 0.372. The lowest BCUT2D eigenvalue weighted by Crippen LogP contribution is -2.33. The van der Waals surface area contributed by atoms with Gasteiger partial charge in [0.05, 0.1) is 33.4 Å². The number of benzene rings is 3. The largest absolute Gasteiger partial charge is 0.269 e. The number of rotatable bonds is 3. The van der Waals surface area contributed by atoms with Gasteiger partial charge >= 0.3 is 0 Å². The van der Waals surface area contributed by atoms with Gasteiger partial charge in [0.15, 0.2) is 0 Å². The smallest absolute Gasteiger partial charge is 0.262 e. The molecule has 0 N–H and O–H groups in total. The van der Waals surface area contributed by atoms with Crippen LogP contribution in [0.1, 0.15) is 39.2 Å². The number of hydrogen-bond acceptors (Lipinski definition) is 3. The standard InChI is InChI=1S/C25H16ClFN2O2/c1-14(29-24(30)16-8-2-3-9-17(16)25(29)31)19-13-15-7-6-11-20(26)22(15)28-23(19)18-10-4-5-12-21(18)27/h2-14H,1H3/t14-/m0/s1. The fourth-order valence-electron chi connectivity index (χ4n) is 4.06. The van der Waals surface area contributed by atoms with Gasteiger partial charge < -0.3 is 0 Å². The second kappa shape index (κ2) is 7.29. The van der Waals surface area contributed by atoms with Gasteiger partial charge in [0.1, 0.15) is 5.82 Å². The first-order chi connectivity index (χ1) is 15.0. The van der Waals surface area contributed by atoms with E-state index < -0.39 is 11.9 Å². The molecule has 3 aromatic carbocycles. The summed E-state index contributed by atoms with van der Waals surface area (Å²) in [5.74, 6) is -1.20. The van der Waals surface area contributed by atoms with E-state index in [-0.39, 0.29) is 17.4 Å². The third kappa shape index (κ3) is 3.01. The highest BCUT2D eigenvalue weighted by molar-refractivity contribution is 6.35. The van der Waals surface area contributed by atoms with E-state index in [2.05, 4.69) is 4.98 Å². The summed E-state index contributed by atoms with van der Waals surface area (Å²) in [5.41, 5.74) is 2.45. The molecule has 2 heterocycles. The number of aromatic nitrogens is 1. The van der Waals surface area contributed by atoms with E-state index in [0.717, 1.165) is 5.39 Å². The van der Waals surface area contributed by atoms with Crippen molar-refractivity contribution in [2.24, 2.45) is 0 Å². The first kappa shape index (κ1) is 19.4. The highest BCUT2D eigenvalue weighted by Gasteiger charge is 2.39. The summed E-state index contributed by atoms with van der Waals surface area (Å²) >= 11 is 6.35. The van der Waals surface area contributed by atoms with Crippen LogP contribution in [0.25, 0.3) is 22.2 Å². The molecule has 1 aliphatic heterocycles. The first-order valence-corrected chi connectivity index (χ1v) is 10.2. The van der Waals surface area contributed by atoms with E-state index in [0.29, 0.717) is 32.9 Å². The van der Waals surface area contributed by atoms with Crippen molar-refractivity contribution in [1.82, 2.24) is 9.88 Å². The lowest BCUT2D eigenvalue weighted by Gasteiger charge is -2.25. The Morgan fingerprint density at radius 2 is 1.48 bits per heavy atom. The molecular formula is C25H16ClFN2O2. The molecule has 1 aliphatic rings. The van der Waals surface area contributed by atoms with Gasteiger partial charge in [0.25, 0.3) is 11.8 Å². The number of halogens is 2. The Morgan fingerprint density at radius 1 is 0.871 bits per heavy atom. The Hall–Kier alpha value is -3.57. The van der Waals surface area contributed by atoms with Crippen LogP contribution in [0.3, 0.4) is 0 Å². The summed E-state index contributed by atoms with van der Waals surface area (Å²) in [6.45, 7) is 1.75. The molecule has 1 atom stereocenters. The number of para-hydroxylation sites is 1. The molecule has 0 aliphatic carbocycles. The highest BCUT2D eigenvalue weighted by atomic mass is 35.5. The zero-order chi connectivity index (χ0) is 21.7. The molecule has 0 fully saturated rings. The number of nitrogens with zero attached hydrogens (tertiary/aromatic N) is 2. The van der Waals surface area contributed by atoms with Gasteiger partial charge in [-0.25, -0.2) is 9.37 Å². The summed E-state index contributed by atoms with van der Waals surface area (Å²) in [5, 5.41) is 1.18. The summed E-state index contributed by atoms with van der Waals surface area (Å²) in [6, 6.07) is 19.5. The van der Waals surface area contributed by atoms with Crippen molar-refractivity contribution < 1.29 is 14.0 Å². The minimum atomic E-state index is -0.669. The maximum atomic E-state index is 14.7. The number of amides is 2. The molecule has 1 aromatic heterocycles. The van der Waals surface area contributed by atoms with Crippen molar-refractivity contribution in [3.8, 4) is 11.3 Å². The van der Waals surface area contributed by atoms with Gasteiger partial charge in [-0.3, -0.25) is 14.5 Å². The van der Waals surface area contributed by atoms with Crippen molar-refractivity contribution >= 4 is 34.3 Å². The van der Waals surface area contributed by atoms with E-state index in [1.54, 1.807) is 61.5 Å². The molecule has 4 nitrogen and oxygen atoms in total. The Labute approximate surface area is 182 Å². The number of carbonyl (C=O) groups excluding carboxylic acids is 2. The molecule has 0 bridgehead atoms. The molecule has 0 radical (unpaired) electrons. The Bertz CT molecular complexity index is 1350. The van der Waals surface area contributed by atoms with Crippen LogP contribution in [0.4, 0.5) is 4.39 Å². The molecule has 0 saturated carbocycles. The number of imide groups is 1. The van der Waals surface area contributed by atoms with E-state index in [1.165, 1.54) is 11.0 Å². The highest BCUT2D eigenvalue weighted by Crippen LogP contribution is 2.38. The summed E-state index contributed by atoms with van der Waals surface area (Å²) in [4.78, 5) is 32.0. The van der Waals surface area contributed by atoms with Crippen molar-refractivity contribution in [2.45, 2.75) is 13.0 Å². The van der Waals surface area contributed by atoms with Crippen LogP contribution in [-0.4, -0.2) is 21.7 Å². The van der Waals surface area contributed by atoms with E-state index in [4.69, 9.17) is 11.6 Å². The van der Waals surface area contributed by atoms with Crippen molar-refractivity contribution in [2.75, 3.05) is 0 Å². The molecule has 2 amide bonds. The zero-order valence-corrected chi connectivity index (χ0v) is 17.2. The van der Waals surface area contributed by atoms with E-state index in [1.807, 2.05) is 12.1 Å². The molecule has 0 spiro atoms. The topological polar surface area (TPSA) is 50.3 Å². The third-order valence-electron chi connectivity index (χ3n) is 5.62. The average Bonchev–Trinajstić information content (AvgIpc) is 3.04. The first-order valence-electron chi connectivity index (χ1n) is 9.78. The Kier molecular flexibility index (Phi) is 4.56. The maximum Gasteiger partial charge on any atom is 0.262 e. The van der Waals surface area contributed by atoms with Gasteiger partial charge in [0, 0.05) is 16.5 Å². The minimum absolute atomic E-state index is 0.280. The van der Waals surface area contributed by atoms with Gasteiger partial charge in [-0.15, -0.1) is 0 Å². The van der Waals surface area contributed by atoms with Gasteiger partial charge in [-0.1, -0.05) is 48.0 Å². The lowest BCUT2D eigenvalue weighted by atomic mass is 9.97. The second-order valence-corrected chi connectivity index (χ2v) is 7.83. The molecule has 0 unspecified atom stereocenters. The fourth-order valence-corrected chi connectivity index (χ4v) is 4.29. The van der Waals surface area contributed by atoms with Crippen molar-refractivity contribution in [3.63, 3.8) is 0 Å². The molecule has 6 heteroatoms. The van der Waals surface area contributed by atoms with Gasteiger partial charge in [-0.2, -0.15) is 0 Å². The fraction of sp³-hybridized carbons (Fsp3) is 0.0800. The summed E-state index contributed by atoms with van der Waals surface area (Å²) in [6.07, 6.45) is 0. The van der Waals surface area contributed by atoms with Crippen LogP contribution in [0.5, 0.6) is 0 Å². The summed E-state index contributed by atoms with van der Waals surface area (Å²) in [7, 11) is 0. The van der Waals surface area contributed by atoms with Gasteiger partial charge in [0.2, 0.25) is 0 Å². The minimum Gasteiger partial charge on any atom is -0.269 e. The molecule has 4 aromatic rings.